The van der Waals surface area contributed by atoms with E-state index in [1.54, 1.807) is 6.92 Å². The summed E-state index contributed by atoms with van der Waals surface area (Å²) in [4.78, 5) is 0. The molecule has 0 aliphatic rings. The minimum absolute atomic E-state index is 0.263. The molecule has 0 aliphatic heterocycles. The maximum atomic E-state index is 11.2. The van der Waals surface area contributed by atoms with E-state index < -0.39 is 9.84 Å². The van der Waals surface area contributed by atoms with Gasteiger partial charge in [0.1, 0.15) is 9.84 Å². The van der Waals surface area contributed by atoms with Gasteiger partial charge in [-0.1, -0.05) is 33.1 Å². The Hall–Kier alpha value is -0.0900. The van der Waals surface area contributed by atoms with Gasteiger partial charge in [-0.2, -0.15) is 0 Å². The van der Waals surface area contributed by atoms with Gasteiger partial charge in [-0.3, -0.25) is 0 Å². The zero-order chi connectivity index (χ0) is 12.4. The lowest BCUT2D eigenvalue weighted by Gasteiger charge is -2.13. The lowest BCUT2D eigenvalue weighted by molar-refractivity contribution is 0.487. The second-order valence-electron chi connectivity index (χ2n) is 4.44. The average molecular weight is 249 g/mol. The summed E-state index contributed by atoms with van der Waals surface area (Å²) in [7, 11) is -2.78. The molecule has 4 heteroatoms. The number of sulfone groups is 1. The van der Waals surface area contributed by atoms with Crippen molar-refractivity contribution in [2.45, 2.75) is 58.9 Å². The second kappa shape index (κ2) is 8.99. The molecule has 1 atom stereocenters. The Balaban J connectivity index is 3.44. The van der Waals surface area contributed by atoms with Crippen LogP contribution in [0.2, 0.25) is 0 Å². The fourth-order valence-electron chi connectivity index (χ4n) is 1.59. The van der Waals surface area contributed by atoms with E-state index in [0.29, 0.717) is 11.8 Å². The third kappa shape index (κ3) is 9.16. The van der Waals surface area contributed by atoms with Gasteiger partial charge >= 0.3 is 0 Å². The Labute approximate surface area is 101 Å². The van der Waals surface area contributed by atoms with Gasteiger partial charge in [-0.15, -0.1) is 0 Å². The Kier molecular flexibility index (Phi) is 8.94. The zero-order valence-electron chi connectivity index (χ0n) is 11.0. The highest BCUT2D eigenvalue weighted by atomic mass is 32.2. The van der Waals surface area contributed by atoms with Gasteiger partial charge in [0.25, 0.3) is 0 Å². The van der Waals surface area contributed by atoms with Crippen molar-refractivity contribution in [1.82, 2.24) is 5.32 Å². The number of nitrogens with one attached hydrogen (secondary N) is 1. The molecular formula is C12H27NO2S. The van der Waals surface area contributed by atoms with Gasteiger partial charge in [0.15, 0.2) is 0 Å². The van der Waals surface area contributed by atoms with Crippen LogP contribution in [0, 0.1) is 0 Å². The molecule has 0 fully saturated rings. The lowest BCUT2D eigenvalue weighted by atomic mass is 10.1. The highest BCUT2D eigenvalue weighted by Crippen LogP contribution is 2.02. The summed E-state index contributed by atoms with van der Waals surface area (Å²) in [6.45, 7) is 6.89. The number of hydrogen-bond acceptors (Lipinski definition) is 3. The van der Waals surface area contributed by atoms with Crippen molar-refractivity contribution in [2.75, 3.05) is 18.1 Å². The summed E-state index contributed by atoms with van der Waals surface area (Å²) in [6.07, 6.45) is 5.72. The minimum Gasteiger partial charge on any atom is -0.314 e. The van der Waals surface area contributed by atoms with E-state index in [9.17, 15) is 8.42 Å². The summed E-state index contributed by atoms with van der Waals surface area (Å²) in [5.74, 6) is 0.581. The molecule has 0 aromatic carbocycles. The van der Waals surface area contributed by atoms with Crippen LogP contribution in [0.1, 0.15) is 52.9 Å². The molecule has 1 N–H and O–H groups in total. The van der Waals surface area contributed by atoms with Crippen molar-refractivity contribution in [1.29, 1.82) is 0 Å². The molecule has 0 aromatic rings. The first-order valence-electron chi connectivity index (χ1n) is 6.45. The highest BCUT2D eigenvalue weighted by Gasteiger charge is 2.07. The van der Waals surface area contributed by atoms with Crippen LogP contribution in [0.15, 0.2) is 0 Å². The Morgan fingerprint density at radius 3 is 2.38 bits per heavy atom. The van der Waals surface area contributed by atoms with Gasteiger partial charge in [-0.25, -0.2) is 8.42 Å². The van der Waals surface area contributed by atoms with Crippen LogP contribution in [-0.4, -0.2) is 32.5 Å². The van der Waals surface area contributed by atoms with Crippen LogP contribution in [0.25, 0.3) is 0 Å². The van der Waals surface area contributed by atoms with Gasteiger partial charge < -0.3 is 5.32 Å². The fourth-order valence-corrected chi connectivity index (χ4v) is 2.46. The van der Waals surface area contributed by atoms with Crippen LogP contribution >= 0.6 is 0 Å². The molecule has 0 amide bonds. The maximum absolute atomic E-state index is 11.2. The van der Waals surface area contributed by atoms with Crippen LogP contribution in [-0.2, 0) is 9.84 Å². The molecule has 0 saturated heterocycles. The summed E-state index contributed by atoms with van der Waals surface area (Å²) in [5, 5.41) is 3.37. The molecule has 0 aliphatic carbocycles. The first-order chi connectivity index (χ1) is 7.52. The second-order valence-corrected chi connectivity index (χ2v) is 6.91. The molecular weight excluding hydrogens is 222 g/mol. The minimum atomic E-state index is -2.78. The molecule has 16 heavy (non-hydrogen) atoms. The molecule has 0 spiro atoms. The Morgan fingerprint density at radius 1 is 1.12 bits per heavy atom. The van der Waals surface area contributed by atoms with E-state index in [0.717, 1.165) is 13.0 Å². The Bertz CT molecular complexity index is 250. The van der Waals surface area contributed by atoms with E-state index in [4.69, 9.17) is 0 Å². The third-order valence-electron chi connectivity index (χ3n) is 2.81. The number of hydrogen-bond donors (Lipinski definition) is 1. The molecule has 0 bridgehead atoms. The zero-order valence-corrected chi connectivity index (χ0v) is 11.8. The smallest absolute Gasteiger partial charge is 0.150 e. The van der Waals surface area contributed by atoms with E-state index in [1.807, 2.05) is 0 Å². The standard InChI is InChI=1S/C12H27NO2S/c1-4-6-7-9-12(3)13-10-8-11-16(14,15)5-2/h12-13H,4-11H2,1-3H3. The largest absolute Gasteiger partial charge is 0.314 e. The first-order valence-corrected chi connectivity index (χ1v) is 8.27. The van der Waals surface area contributed by atoms with Gasteiger partial charge in [0.2, 0.25) is 0 Å². The highest BCUT2D eigenvalue weighted by molar-refractivity contribution is 7.91. The molecule has 1 unspecified atom stereocenters. The van der Waals surface area contributed by atoms with E-state index in [-0.39, 0.29) is 5.75 Å². The number of rotatable bonds is 10. The van der Waals surface area contributed by atoms with Crippen molar-refractivity contribution in [3.63, 3.8) is 0 Å². The van der Waals surface area contributed by atoms with Crippen molar-refractivity contribution >= 4 is 9.84 Å². The first kappa shape index (κ1) is 15.9. The van der Waals surface area contributed by atoms with Crippen molar-refractivity contribution < 1.29 is 8.42 Å². The molecule has 3 nitrogen and oxygen atoms in total. The maximum Gasteiger partial charge on any atom is 0.150 e. The molecule has 0 saturated carbocycles. The van der Waals surface area contributed by atoms with Crippen LogP contribution in [0.3, 0.4) is 0 Å². The van der Waals surface area contributed by atoms with Crippen LogP contribution in [0.5, 0.6) is 0 Å². The van der Waals surface area contributed by atoms with E-state index >= 15 is 0 Å². The quantitative estimate of drug-likeness (QED) is 0.605. The summed E-state index contributed by atoms with van der Waals surface area (Å²) >= 11 is 0. The third-order valence-corrected chi connectivity index (χ3v) is 4.60. The van der Waals surface area contributed by atoms with Gasteiger partial charge in [-0.05, 0) is 26.3 Å². The van der Waals surface area contributed by atoms with E-state index in [1.165, 1.54) is 25.7 Å². The predicted molar refractivity (Wildman–Crippen MR) is 70.6 cm³/mol. The average Bonchev–Trinajstić information content (AvgIpc) is 2.25. The molecule has 0 radical (unpaired) electrons. The topological polar surface area (TPSA) is 46.2 Å². The molecule has 0 heterocycles. The molecule has 0 aromatic heterocycles. The van der Waals surface area contributed by atoms with Crippen molar-refractivity contribution in [2.24, 2.45) is 0 Å². The van der Waals surface area contributed by atoms with Crippen LogP contribution in [0.4, 0.5) is 0 Å². The summed E-state index contributed by atoms with van der Waals surface area (Å²) in [6, 6.07) is 0.510. The molecule has 98 valence electrons. The number of unbranched alkanes of at least 4 members (excludes halogenated alkanes) is 2. The summed E-state index contributed by atoms with van der Waals surface area (Å²) < 4.78 is 22.5. The fraction of sp³-hybridized carbons (Fsp3) is 1.00. The van der Waals surface area contributed by atoms with Crippen LogP contribution < -0.4 is 5.32 Å². The molecule has 0 rings (SSSR count). The SMILES string of the molecule is CCCCCC(C)NCCCS(=O)(=O)CC. The van der Waals surface area contributed by atoms with Crippen molar-refractivity contribution in [3.05, 3.63) is 0 Å². The van der Waals surface area contributed by atoms with Gasteiger partial charge in [0, 0.05) is 11.8 Å². The summed E-state index contributed by atoms with van der Waals surface area (Å²) in [5.41, 5.74) is 0. The lowest BCUT2D eigenvalue weighted by Crippen LogP contribution is -2.28. The normalized spacial score (nSPS) is 13.9. The predicted octanol–water partition coefficient (Wildman–Crippen LogP) is 2.37. The van der Waals surface area contributed by atoms with Crippen molar-refractivity contribution in [3.8, 4) is 0 Å². The monoisotopic (exact) mass is 249 g/mol. The van der Waals surface area contributed by atoms with E-state index in [2.05, 4.69) is 19.2 Å². The Morgan fingerprint density at radius 2 is 1.81 bits per heavy atom. The van der Waals surface area contributed by atoms with Gasteiger partial charge in [0.05, 0.1) is 5.75 Å².